The normalized spacial score (nSPS) is 14.4. The van der Waals surface area contributed by atoms with Gasteiger partial charge < -0.3 is 4.90 Å². The van der Waals surface area contributed by atoms with Gasteiger partial charge in [-0.1, -0.05) is 6.07 Å². The Hall–Kier alpha value is -2.90. The maximum absolute atomic E-state index is 13.2. The van der Waals surface area contributed by atoms with E-state index in [9.17, 15) is 13.2 Å². The van der Waals surface area contributed by atoms with E-state index in [0.29, 0.717) is 19.6 Å². The molecular weight excluding hydrogens is 331 g/mol. The zero-order chi connectivity index (χ0) is 17.4. The molecule has 25 heavy (non-hydrogen) atoms. The third-order valence-electron chi connectivity index (χ3n) is 4.12. The summed E-state index contributed by atoms with van der Waals surface area (Å²) in [5.41, 5.74) is 1.58. The van der Waals surface area contributed by atoms with Crippen molar-refractivity contribution in [1.82, 2.24) is 19.7 Å². The van der Waals surface area contributed by atoms with E-state index < -0.39 is 11.7 Å². The first-order valence-corrected chi connectivity index (χ1v) is 7.77. The lowest BCUT2D eigenvalue weighted by molar-refractivity contribution is -0.137. The summed E-state index contributed by atoms with van der Waals surface area (Å²) in [7, 11) is 0. The lowest BCUT2D eigenvalue weighted by atomic mass is 10.2. The number of hydrogen-bond acceptors (Lipinski definition) is 4. The summed E-state index contributed by atoms with van der Waals surface area (Å²) in [4.78, 5) is 9.88. The Kier molecular flexibility index (Phi) is 3.67. The smallest absolute Gasteiger partial charge is 0.348 e. The number of nitrogens with zero attached hydrogens (tertiary/aromatic N) is 5. The number of pyridine rings is 2. The highest BCUT2D eigenvalue weighted by Crippen LogP contribution is 2.36. The second-order valence-electron chi connectivity index (χ2n) is 5.75. The molecule has 0 aromatic carbocycles. The van der Waals surface area contributed by atoms with Gasteiger partial charge in [0.25, 0.3) is 0 Å². The Morgan fingerprint density at radius 3 is 2.52 bits per heavy atom. The van der Waals surface area contributed by atoms with Gasteiger partial charge in [-0.3, -0.25) is 9.67 Å². The molecule has 0 unspecified atom stereocenters. The van der Waals surface area contributed by atoms with Crippen molar-refractivity contribution in [3.63, 3.8) is 0 Å². The van der Waals surface area contributed by atoms with E-state index in [1.807, 2.05) is 28.9 Å². The molecule has 0 radical (unpaired) electrons. The summed E-state index contributed by atoms with van der Waals surface area (Å²) >= 11 is 0. The van der Waals surface area contributed by atoms with Crippen LogP contribution in [-0.2, 0) is 19.3 Å². The molecule has 0 N–H and O–H groups in total. The van der Waals surface area contributed by atoms with Gasteiger partial charge in [0, 0.05) is 18.9 Å². The van der Waals surface area contributed by atoms with Crippen LogP contribution < -0.4 is 4.90 Å². The highest BCUT2D eigenvalue weighted by atomic mass is 19.4. The molecular formula is C17H14F3N5. The minimum Gasteiger partial charge on any atom is -0.348 e. The Bertz CT molecular complexity index is 889. The number of halogens is 3. The number of aromatic nitrogens is 4. The maximum Gasteiger partial charge on any atom is 0.419 e. The summed E-state index contributed by atoms with van der Waals surface area (Å²) in [6.45, 7) is 1.23. The van der Waals surface area contributed by atoms with Crippen molar-refractivity contribution in [3.8, 4) is 11.4 Å². The summed E-state index contributed by atoms with van der Waals surface area (Å²) in [5.74, 6) is -0.0400. The standard InChI is InChI=1S/C17H14F3N5/c18-17(19,20)13-4-3-7-22-16(13)24-8-9-25-12(11-24)10-15(23-25)14-5-1-2-6-21-14/h1-7,10H,8-9,11H2. The van der Waals surface area contributed by atoms with Gasteiger partial charge in [-0.25, -0.2) is 4.98 Å². The molecule has 3 aromatic heterocycles. The first kappa shape index (κ1) is 15.6. The van der Waals surface area contributed by atoms with Crippen LogP contribution in [0.5, 0.6) is 0 Å². The Labute approximate surface area is 141 Å². The van der Waals surface area contributed by atoms with Crippen LogP contribution in [0.25, 0.3) is 11.4 Å². The Morgan fingerprint density at radius 1 is 0.920 bits per heavy atom. The molecule has 8 heteroatoms. The second kappa shape index (κ2) is 5.87. The van der Waals surface area contributed by atoms with E-state index in [1.54, 1.807) is 11.1 Å². The van der Waals surface area contributed by atoms with Gasteiger partial charge in [0.05, 0.1) is 30.0 Å². The average Bonchev–Trinajstić information content (AvgIpc) is 3.05. The highest BCUT2D eigenvalue weighted by molar-refractivity contribution is 5.55. The molecule has 5 nitrogen and oxygen atoms in total. The number of hydrogen-bond donors (Lipinski definition) is 0. The van der Waals surface area contributed by atoms with Crippen LogP contribution in [0.2, 0.25) is 0 Å². The molecule has 0 bridgehead atoms. The molecule has 3 aromatic rings. The predicted molar refractivity (Wildman–Crippen MR) is 85.7 cm³/mol. The highest BCUT2D eigenvalue weighted by Gasteiger charge is 2.36. The van der Waals surface area contributed by atoms with Crippen molar-refractivity contribution in [1.29, 1.82) is 0 Å². The van der Waals surface area contributed by atoms with Crippen LogP contribution in [0.15, 0.2) is 48.8 Å². The van der Waals surface area contributed by atoms with E-state index in [4.69, 9.17) is 0 Å². The largest absolute Gasteiger partial charge is 0.419 e. The van der Waals surface area contributed by atoms with E-state index >= 15 is 0 Å². The van der Waals surface area contributed by atoms with Crippen LogP contribution in [0.1, 0.15) is 11.3 Å². The maximum atomic E-state index is 13.2. The first-order chi connectivity index (χ1) is 12.0. The summed E-state index contributed by atoms with van der Waals surface area (Å²) in [5, 5.41) is 4.51. The van der Waals surface area contributed by atoms with Crippen LogP contribution in [0, 0.1) is 0 Å². The molecule has 0 saturated carbocycles. The fourth-order valence-electron chi connectivity index (χ4n) is 2.96. The molecule has 128 valence electrons. The molecule has 4 rings (SSSR count). The molecule has 0 spiro atoms. The third kappa shape index (κ3) is 2.95. The quantitative estimate of drug-likeness (QED) is 0.714. The Morgan fingerprint density at radius 2 is 1.76 bits per heavy atom. The van der Waals surface area contributed by atoms with Crippen molar-refractivity contribution in [3.05, 3.63) is 60.0 Å². The Balaban J connectivity index is 1.65. The van der Waals surface area contributed by atoms with E-state index in [-0.39, 0.29) is 5.82 Å². The lowest BCUT2D eigenvalue weighted by Crippen LogP contribution is -2.35. The molecule has 0 amide bonds. The van der Waals surface area contributed by atoms with Crippen molar-refractivity contribution < 1.29 is 13.2 Å². The topological polar surface area (TPSA) is 46.8 Å². The first-order valence-electron chi connectivity index (χ1n) is 7.77. The molecule has 1 aliphatic rings. The van der Waals surface area contributed by atoms with Gasteiger partial charge in [-0.15, -0.1) is 0 Å². The van der Waals surface area contributed by atoms with Gasteiger partial charge in [0.2, 0.25) is 0 Å². The monoisotopic (exact) mass is 345 g/mol. The van der Waals surface area contributed by atoms with Crippen molar-refractivity contribution >= 4 is 5.82 Å². The molecule has 0 fully saturated rings. The van der Waals surface area contributed by atoms with Crippen LogP contribution in [0.4, 0.5) is 19.0 Å². The number of anilines is 1. The van der Waals surface area contributed by atoms with Gasteiger partial charge >= 0.3 is 6.18 Å². The van der Waals surface area contributed by atoms with Crippen LogP contribution in [-0.4, -0.2) is 26.3 Å². The minimum absolute atomic E-state index is 0.0400. The number of fused-ring (bicyclic) bond motifs is 1. The summed E-state index contributed by atoms with van der Waals surface area (Å²) in [6, 6.07) is 9.78. The van der Waals surface area contributed by atoms with Gasteiger partial charge in [-0.2, -0.15) is 18.3 Å². The average molecular weight is 345 g/mol. The zero-order valence-corrected chi connectivity index (χ0v) is 13.1. The number of rotatable bonds is 2. The summed E-state index contributed by atoms with van der Waals surface area (Å²) < 4.78 is 41.5. The minimum atomic E-state index is -4.43. The van der Waals surface area contributed by atoms with Crippen molar-refractivity contribution in [2.45, 2.75) is 19.3 Å². The van der Waals surface area contributed by atoms with Crippen LogP contribution in [0.3, 0.4) is 0 Å². The lowest BCUT2D eigenvalue weighted by Gasteiger charge is -2.30. The SMILES string of the molecule is FC(F)(F)c1cccnc1N1CCn2nc(-c3ccccn3)cc2C1. The van der Waals surface area contributed by atoms with E-state index in [2.05, 4.69) is 15.1 Å². The number of alkyl halides is 3. The molecule has 1 aliphatic heterocycles. The summed E-state index contributed by atoms with van der Waals surface area (Å²) in [6.07, 6.45) is -1.36. The van der Waals surface area contributed by atoms with Gasteiger partial charge in [0.15, 0.2) is 0 Å². The molecule has 0 atom stereocenters. The second-order valence-corrected chi connectivity index (χ2v) is 5.75. The van der Waals surface area contributed by atoms with E-state index in [0.717, 1.165) is 23.1 Å². The van der Waals surface area contributed by atoms with Gasteiger partial charge in [0.1, 0.15) is 11.5 Å². The van der Waals surface area contributed by atoms with Gasteiger partial charge in [-0.05, 0) is 30.3 Å². The molecule has 0 saturated heterocycles. The van der Waals surface area contributed by atoms with Crippen molar-refractivity contribution in [2.24, 2.45) is 0 Å². The van der Waals surface area contributed by atoms with E-state index in [1.165, 1.54) is 12.3 Å². The fraction of sp³-hybridized carbons (Fsp3) is 0.235. The fourth-order valence-corrected chi connectivity index (χ4v) is 2.96. The van der Waals surface area contributed by atoms with Crippen LogP contribution >= 0.6 is 0 Å². The third-order valence-corrected chi connectivity index (χ3v) is 4.12. The predicted octanol–water partition coefficient (Wildman–Crippen LogP) is 3.38. The zero-order valence-electron chi connectivity index (χ0n) is 13.1. The van der Waals surface area contributed by atoms with Crippen molar-refractivity contribution in [2.75, 3.05) is 11.4 Å². The molecule has 4 heterocycles. The molecule has 0 aliphatic carbocycles.